The van der Waals surface area contributed by atoms with Crippen LogP contribution in [0, 0.1) is 18.7 Å². The fourth-order valence-electron chi connectivity index (χ4n) is 2.80. The van der Waals surface area contributed by atoms with E-state index in [0.717, 1.165) is 12.0 Å². The molecule has 1 saturated heterocycles. The number of aryl methyl sites for hydroxylation is 1. The predicted molar refractivity (Wildman–Crippen MR) is 83.1 cm³/mol. The molecule has 0 radical (unpaired) electrons. The van der Waals surface area contributed by atoms with Crippen LogP contribution in [0.25, 0.3) is 0 Å². The Labute approximate surface area is 134 Å². The lowest BCUT2D eigenvalue weighted by molar-refractivity contribution is -0.132. The van der Waals surface area contributed by atoms with Crippen LogP contribution < -0.4 is 5.32 Å². The maximum Gasteiger partial charge on any atom is 0.249 e. The number of halogens is 1. The minimum atomic E-state index is -0.477. The van der Waals surface area contributed by atoms with E-state index in [2.05, 4.69) is 10.4 Å². The summed E-state index contributed by atoms with van der Waals surface area (Å²) in [5.41, 5.74) is 1.33. The van der Waals surface area contributed by atoms with Gasteiger partial charge in [-0.2, -0.15) is 5.10 Å². The maximum atomic E-state index is 13.5. The van der Waals surface area contributed by atoms with Gasteiger partial charge in [-0.1, -0.05) is 12.1 Å². The van der Waals surface area contributed by atoms with Crippen molar-refractivity contribution in [2.75, 3.05) is 6.61 Å². The molecule has 122 valence electrons. The van der Waals surface area contributed by atoms with Crippen LogP contribution in [-0.4, -0.2) is 28.4 Å². The van der Waals surface area contributed by atoms with Crippen molar-refractivity contribution < 1.29 is 13.9 Å². The Balaban J connectivity index is 1.57. The van der Waals surface area contributed by atoms with Crippen molar-refractivity contribution in [2.24, 2.45) is 5.92 Å². The van der Waals surface area contributed by atoms with Gasteiger partial charge in [0.05, 0.1) is 0 Å². The van der Waals surface area contributed by atoms with Gasteiger partial charge in [0.25, 0.3) is 0 Å². The van der Waals surface area contributed by atoms with E-state index in [1.54, 1.807) is 19.2 Å². The molecule has 23 heavy (non-hydrogen) atoms. The second-order valence-electron chi connectivity index (χ2n) is 5.87. The third-order valence-electron chi connectivity index (χ3n) is 4.16. The molecule has 6 heteroatoms. The topological polar surface area (TPSA) is 56.1 Å². The third-order valence-corrected chi connectivity index (χ3v) is 4.16. The molecule has 1 N–H and O–H groups in total. The van der Waals surface area contributed by atoms with Crippen LogP contribution in [0.3, 0.4) is 0 Å². The maximum absolute atomic E-state index is 13.5. The van der Waals surface area contributed by atoms with E-state index in [-0.39, 0.29) is 17.6 Å². The summed E-state index contributed by atoms with van der Waals surface area (Å²) in [6.45, 7) is 3.24. The number of nitrogens with zero attached hydrogens (tertiary/aromatic N) is 2. The van der Waals surface area contributed by atoms with E-state index in [4.69, 9.17) is 4.74 Å². The summed E-state index contributed by atoms with van der Waals surface area (Å²) in [5.74, 6) is -0.310. The number of hydrogen-bond donors (Lipinski definition) is 1. The summed E-state index contributed by atoms with van der Waals surface area (Å²) in [6.07, 6.45) is 3.95. The molecule has 2 heterocycles. The van der Waals surface area contributed by atoms with Gasteiger partial charge >= 0.3 is 0 Å². The molecule has 1 aromatic heterocycles. The molecular weight excluding hydrogens is 297 g/mol. The minimum Gasteiger partial charge on any atom is -0.368 e. The number of nitrogens with one attached hydrogen (secondary N) is 1. The van der Waals surface area contributed by atoms with Gasteiger partial charge in [0.15, 0.2) is 0 Å². The zero-order valence-electron chi connectivity index (χ0n) is 13.0. The Kier molecular flexibility index (Phi) is 4.71. The Morgan fingerprint density at radius 1 is 1.52 bits per heavy atom. The zero-order chi connectivity index (χ0) is 16.2. The fourth-order valence-corrected chi connectivity index (χ4v) is 2.80. The third kappa shape index (κ3) is 3.76. The molecule has 2 atom stereocenters. The number of benzene rings is 1. The molecule has 2 aromatic rings. The number of carbonyl (C=O) groups excluding carboxylic acids is 1. The molecular formula is C17H20FN3O2. The van der Waals surface area contributed by atoms with Gasteiger partial charge in [0.1, 0.15) is 11.9 Å². The Hall–Kier alpha value is -2.21. The number of aromatic nitrogens is 2. The summed E-state index contributed by atoms with van der Waals surface area (Å²) in [4.78, 5) is 12.3. The molecule has 0 bridgehead atoms. The molecule has 0 spiro atoms. The van der Waals surface area contributed by atoms with Crippen molar-refractivity contribution in [3.63, 3.8) is 0 Å². The average molecular weight is 317 g/mol. The van der Waals surface area contributed by atoms with Crippen LogP contribution in [-0.2, 0) is 22.6 Å². The van der Waals surface area contributed by atoms with Crippen molar-refractivity contribution in [1.82, 2.24) is 15.1 Å². The molecule has 0 aliphatic carbocycles. The molecule has 0 unspecified atom stereocenters. The first-order valence-corrected chi connectivity index (χ1v) is 7.75. The highest BCUT2D eigenvalue weighted by Crippen LogP contribution is 2.23. The Morgan fingerprint density at radius 2 is 2.39 bits per heavy atom. The summed E-state index contributed by atoms with van der Waals surface area (Å²) in [7, 11) is 0. The molecule has 1 aliphatic heterocycles. The van der Waals surface area contributed by atoms with Crippen LogP contribution in [0.5, 0.6) is 0 Å². The highest BCUT2D eigenvalue weighted by Gasteiger charge is 2.34. The largest absolute Gasteiger partial charge is 0.368 e. The van der Waals surface area contributed by atoms with Crippen molar-refractivity contribution >= 4 is 5.91 Å². The summed E-state index contributed by atoms with van der Waals surface area (Å²) >= 11 is 0. The number of hydrogen-bond acceptors (Lipinski definition) is 3. The molecule has 1 fully saturated rings. The molecule has 1 aromatic carbocycles. The number of rotatable bonds is 5. The summed E-state index contributed by atoms with van der Waals surface area (Å²) in [6, 6.07) is 6.84. The lowest BCUT2D eigenvalue weighted by atomic mass is 10.0. The number of amides is 1. The van der Waals surface area contributed by atoms with Crippen molar-refractivity contribution in [3.05, 3.63) is 53.6 Å². The van der Waals surface area contributed by atoms with E-state index in [9.17, 15) is 9.18 Å². The highest BCUT2D eigenvalue weighted by molar-refractivity contribution is 5.81. The first kappa shape index (κ1) is 15.7. The molecule has 1 aliphatic rings. The van der Waals surface area contributed by atoms with Gasteiger partial charge in [0.2, 0.25) is 5.91 Å². The van der Waals surface area contributed by atoms with Gasteiger partial charge in [-0.15, -0.1) is 0 Å². The van der Waals surface area contributed by atoms with E-state index in [0.29, 0.717) is 25.3 Å². The van der Waals surface area contributed by atoms with Crippen LogP contribution in [0.15, 0.2) is 36.7 Å². The lowest BCUT2D eigenvalue weighted by Crippen LogP contribution is -2.38. The van der Waals surface area contributed by atoms with E-state index in [1.165, 1.54) is 6.07 Å². The van der Waals surface area contributed by atoms with Gasteiger partial charge in [-0.25, -0.2) is 4.39 Å². The molecule has 0 saturated carbocycles. The van der Waals surface area contributed by atoms with Crippen molar-refractivity contribution in [3.8, 4) is 0 Å². The molecule has 3 rings (SSSR count). The summed E-state index contributed by atoms with van der Waals surface area (Å²) < 4.78 is 20.9. The smallest absolute Gasteiger partial charge is 0.249 e. The van der Waals surface area contributed by atoms with Crippen molar-refractivity contribution in [2.45, 2.75) is 32.5 Å². The van der Waals surface area contributed by atoms with Gasteiger partial charge < -0.3 is 10.1 Å². The first-order valence-electron chi connectivity index (χ1n) is 7.75. The average Bonchev–Trinajstić information content (AvgIpc) is 3.20. The minimum absolute atomic E-state index is 0.102. The fraction of sp³-hybridized carbons (Fsp3) is 0.412. The highest BCUT2D eigenvalue weighted by atomic mass is 19.1. The monoisotopic (exact) mass is 317 g/mol. The second-order valence-corrected chi connectivity index (χ2v) is 5.87. The van der Waals surface area contributed by atoms with Crippen molar-refractivity contribution in [1.29, 1.82) is 0 Å². The molecule has 1 amide bonds. The van der Waals surface area contributed by atoms with Gasteiger partial charge in [0, 0.05) is 38.0 Å². The first-order chi connectivity index (χ1) is 11.1. The number of carbonyl (C=O) groups is 1. The quantitative estimate of drug-likeness (QED) is 0.918. The van der Waals surface area contributed by atoms with Crippen LogP contribution in [0.1, 0.15) is 17.5 Å². The van der Waals surface area contributed by atoms with E-state index in [1.807, 2.05) is 23.0 Å². The van der Waals surface area contributed by atoms with Crippen LogP contribution >= 0.6 is 0 Å². The SMILES string of the molecule is Cc1ccc(CNC(=O)[C@@H]2OCC[C@@H]2Cn2cccn2)cc1F. The second kappa shape index (κ2) is 6.91. The normalized spacial score (nSPS) is 20.6. The standard InChI is InChI=1S/C17H20FN3O2/c1-12-3-4-13(9-15(12)18)10-19-17(22)16-14(5-8-23-16)11-21-7-2-6-20-21/h2-4,6-7,9,14,16H,5,8,10-11H2,1H3,(H,19,22)/t14-,16-/m1/s1. The lowest BCUT2D eigenvalue weighted by Gasteiger charge is -2.18. The Bertz CT molecular complexity index is 672. The van der Waals surface area contributed by atoms with Gasteiger partial charge in [-0.3, -0.25) is 9.48 Å². The zero-order valence-corrected chi connectivity index (χ0v) is 13.0. The summed E-state index contributed by atoms with van der Waals surface area (Å²) in [5, 5.41) is 7.01. The Morgan fingerprint density at radius 3 is 3.13 bits per heavy atom. The van der Waals surface area contributed by atoms with Gasteiger partial charge in [-0.05, 0) is 36.6 Å². The van der Waals surface area contributed by atoms with E-state index < -0.39 is 6.10 Å². The van der Waals surface area contributed by atoms with E-state index >= 15 is 0 Å². The van der Waals surface area contributed by atoms with Crippen LogP contribution in [0.4, 0.5) is 4.39 Å². The number of ether oxygens (including phenoxy) is 1. The van der Waals surface area contributed by atoms with Crippen LogP contribution in [0.2, 0.25) is 0 Å². The predicted octanol–water partition coefficient (Wildman–Crippen LogP) is 2.05. The molecule has 5 nitrogen and oxygen atoms in total.